The lowest BCUT2D eigenvalue weighted by atomic mass is 10.5. The van der Waals surface area contributed by atoms with E-state index in [1.807, 2.05) is 0 Å². The maximum absolute atomic E-state index is 12.0. The summed E-state index contributed by atoms with van der Waals surface area (Å²) in [6, 6.07) is 0. The van der Waals surface area contributed by atoms with E-state index < -0.39 is 18.8 Å². The van der Waals surface area contributed by atoms with Crippen LogP contribution in [0.5, 0.6) is 0 Å². The third kappa shape index (κ3) is 6.78. The Hall–Kier alpha value is -1.33. The molecule has 0 aliphatic heterocycles. The second kappa shape index (κ2) is 8.20. The summed E-state index contributed by atoms with van der Waals surface area (Å²) in [5, 5.41) is 16.4. The fourth-order valence-corrected chi connectivity index (χ4v) is 2.03. The normalized spacial score (nSPS) is 11.8. The number of halogens is 3. The Labute approximate surface area is 122 Å². The minimum Gasteiger partial charge on any atom is -0.481 e. The summed E-state index contributed by atoms with van der Waals surface area (Å²) >= 11 is 0.922. The van der Waals surface area contributed by atoms with Gasteiger partial charge in [-0.15, -0.1) is 10.2 Å². The highest BCUT2D eigenvalue weighted by atomic mass is 32.2. The summed E-state index contributed by atoms with van der Waals surface area (Å²) in [4.78, 5) is 10.5. The number of carbonyl (C=O) groups is 1. The van der Waals surface area contributed by atoms with E-state index in [1.165, 1.54) is 11.7 Å². The lowest BCUT2D eigenvalue weighted by Gasteiger charge is -2.10. The van der Waals surface area contributed by atoms with E-state index in [4.69, 9.17) is 9.84 Å². The number of methoxy groups -OCH3 is 1. The number of carboxylic acids is 1. The van der Waals surface area contributed by atoms with Crippen LogP contribution in [-0.4, -0.2) is 58.1 Å². The molecule has 0 saturated carbocycles. The molecule has 120 valence electrons. The summed E-state index contributed by atoms with van der Waals surface area (Å²) < 4.78 is 47.0. The molecule has 0 atom stereocenters. The first-order valence-electron chi connectivity index (χ1n) is 5.73. The highest BCUT2D eigenvalue weighted by Crippen LogP contribution is 2.19. The van der Waals surface area contributed by atoms with E-state index in [2.05, 4.69) is 14.9 Å². The van der Waals surface area contributed by atoms with Gasteiger partial charge in [0, 0.05) is 13.7 Å². The van der Waals surface area contributed by atoms with Crippen LogP contribution in [-0.2, 0) is 27.4 Å². The van der Waals surface area contributed by atoms with Gasteiger partial charge < -0.3 is 19.1 Å². The Balaban J connectivity index is 2.70. The molecule has 1 heterocycles. The average molecular weight is 329 g/mol. The van der Waals surface area contributed by atoms with Crippen LogP contribution in [0.4, 0.5) is 13.2 Å². The number of nitrogens with zero attached hydrogens (tertiary/aromatic N) is 3. The van der Waals surface area contributed by atoms with E-state index in [0.29, 0.717) is 5.16 Å². The van der Waals surface area contributed by atoms with E-state index >= 15 is 0 Å². The molecule has 0 spiro atoms. The maximum Gasteiger partial charge on any atom is 0.411 e. The number of rotatable bonds is 9. The number of carboxylic acid groups (broad SMARTS) is 1. The van der Waals surface area contributed by atoms with Crippen molar-refractivity contribution in [2.75, 3.05) is 26.1 Å². The quantitative estimate of drug-likeness (QED) is 0.681. The van der Waals surface area contributed by atoms with Crippen molar-refractivity contribution in [2.24, 2.45) is 0 Å². The second-order valence-corrected chi connectivity index (χ2v) is 4.78. The highest BCUT2D eigenvalue weighted by Gasteiger charge is 2.28. The molecule has 0 unspecified atom stereocenters. The molecule has 0 aliphatic carbocycles. The Morgan fingerprint density at radius 1 is 1.43 bits per heavy atom. The predicted octanol–water partition coefficient (Wildman–Crippen LogP) is 1.18. The summed E-state index contributed by atoms with van der Waals surface area (Å²) in [6.07, 6.45) is -4.42. The van der Waals surface area contributed by atoms with Gasteiger partial charge in [-0.25, -0.2) is 0 Å². The largest absolute Gasteiger partial charge is 0.481 e. The maximum atomic E-state index is 12.0. The van der Waals surface area contributed by atoms with Crippen molar-refractivity contribution in [3.8, 4) is 0 Å². The smallest absolute Gasteiger partial charge is 0.411 e. The zero-order valence-corrected chi connectivity index (χ0v) is 11.9. The lowest BCUT2D eigenvalue weighted by molar-refractivity contribution is -0.177. The van der Waals surface area contributed by atoms with Crippen LogP contribution in [0.25, 0.3) is 0 Å². The number of aliphatic carboxylic acids is 1. The molecule has 0 bridgehead atoms. The SMILES string of the molecule is COCCn1c(COCC(F)(F)F)nnc1SCC(=O)O. The molecule has 7 nitrogen and oxygen atoms in total. The monoisotopic (exact) mass is 329 g/mol. The molecule has 1 N–H and O–H groups in total. The third-order valence-electron chi connectivity index (χ3n) is 2.13. The van der Waals surface area contributed by atoms with Gasteiger partial charge in [0.2, 0.25) is 0 Å². The lowest BCUT2D eigenvalue weighted by Crippen LogP contribution is -2.18. The summed E-state index contributed by atoms with van der Waals surface area (Å²) in [7, 11) is 1.47. The van der Waals surface area contributed by atoms with Crippen molar-refractivity contribution in [1.29, 1.82) is 0 Å². The minimum absolute atomic E-state index is 0.184. The highest BCUT2D eigenvalue weighted by molar-refractivity contribution is 7.99. The number of thioether (sulfide) groups is 1. The topological polar surface area (TPSA) is 86.5 Å². The van der Waals surface area contributed by atoms with Gasteiger partial charge in [0.1, 0.15) is 13.2 Å². The zero-order valence-electron chi connectivity index (χ0n) is 11.1. The van der Waals surface area contributed by atoms with E-state index in [-0.39, 0.29) is 31.3 Å². The number of alkyl halides is 3. The van der Waals surface area contributed by atoms with E-state index in [0.717, 1.165) is 11.8 Å². The molecule has 0 aromatic carbocycles. The molecule has 0 amide bonds. The van der Waals surface area contributed by atoms with Crippen LogP contribution >= 0.6 is 11.8 Å². The van der Waals surface area contributed by atoms with Gasteiger partial charge in [0.05, 0.1) is 12.4 Å². The molecule has 1 aromatic rings. The van der Waals surface area contributed by atoms with Crippen molar-refractivity contribution in [2.45, 2.75) is 24.5 Å². The predicted molar refractivity (Wildman–Crippen MR) is 66.0 cm³/mol. The van der Waals surface area contributed by atoms with Crippen LogP contribution < -0.4 is 0 Å². The van der Waals surface area contributed by atoms with Gasteiger partial charge >= 0.3 is 12.1 Å². The van der Waals surface area contributed by atoms with Crippen LogP contribution in [0.15, 0.2) is 5.16 Å². The van der Waals surface area contributed by atoms with Gasteiger partial charge in [-0.05, 0) is 0 Å². The summed E-state index contributed by atoms with van der Waals surface area (Å²) in [5.74, 6) is -1.07. The minimum atomic E-state index is -4.42. The van der Waals surface area contributed by atoms with Crippen molar-refractivity contribution in [1.82, 2.24) is 14.8 Å². The van der Waals surface area contributed by atoms with Crippen molar-refractivity contribution >= 4 is 17.7 Å². The van der Waals surface area contributed by atoms with Gasteiger partial charge in [-0.1, -0.05) is 11.8 Å². The Morgan fingerprint density at radius 2 is 2.14 bits per heavy atom. The second-order valence-electron chi connectivity index (χ2n) is 3.83. The summed E-state index contributed by atoms with van der Waals surface area (Å²) in [6.45, 7) is -1.19. The van der Waals surface area contributed by atoms with Gasteiger partial charge in [-0.3, -0.25) is 4.79 Å². The molecule has 0 fully saturated rings. The number of hydrogen-bond donors (Lipinski definition) is 1. The number of aromatic nitrogens is 3. The molecule has 0 aliphatic rings. The zero-order chi connectivity index (χ0) is 15.9. The molecule has 21 heavy (non-hydrogen) atoms. The third-order valence-corrected chi connectivity index (χ3v) is 3.09. The molecule has 11 heteroatoms. The number of hydrogen-bond acceptors (Lipinski definition) is 6. The Bertz CT molecular complexity index is 467. The molecule has 0 saturated heterocycles. The van der Waals surface area contributed by atoms with Crippen LogP contribution in [0.2, 0.25) is 0 Å². The molecule has 0 radical (unpaired) electrons. The van der Waals surface area contributed by atoms with Crippen molar-refractivity contribution < 1.29 is 32.5 Å². The van der Waals surface area contributed by atoms with Crippen LogP contribution in [0, 0.1) is 0 Å². The molecular weight excluding hydrogens is 315 g/mol. The number of ether oxygens (including phenoxy) is 2. The Morgan fingerprint density at radius 3 is 2.71 bits per heavy atom. The molecule has 1 rings (SSSR count). The van der Waals surface area contributed by atoms with Crippen LogP contribution in [0.1, 0.15) is 5.82 Å². The summed E-state index contributed by atoms with van der Waals surface area (Å²) in [5.41, 5.74) is 0. The molecular formula is C10H14F3N3O4S. The first-order valence-corrected chi connectivity index (χ1v) is 6.72. The fraction of sp³-hybridized carbons (Fsp3) is 0.700. The van der Waals surface area contributed by atoms with Crippen molar-refractivity contribution in [3.63, 3.8) is 0 Å². The van der Waals surface area contributed by atoms with Gasteiger partial charge in [0.15, 0.2) is 11.0 Å². The first-order chi connectivity index (χ1) is 9.83. The van der Waals surface area contributed by atoms with E-state index in [1.54, 1.807) is 0 Å². The van der Waals surface area contributed by atoms with Crippen LogP contribution in [0.3, 0.4) is 0 Å². The Kier molecular flexibility index (Phi) is 6.92. The standard InChI is InChI=1S/C10H14F3N3O4S/c1-19-3-2-16-7(4-20-6-10(11,12)13)14-15-9(16)21-5-8(17)18/h2-6H2,1H3,(H,17,18). The van der Waals surface area contributed by atoms with Crippen molar-refractivity contribution in [3.05, 3.63) is 5.82 Å². The molecule has 1 aromatic heterocycles. The average Bonchev–Trinajstić information content (AvgIpc) is 2.75. The van der Waals surface area contributed by atoms with Gasteiger partial charge in [0.25, 0.3) is 0 Å². The fourth-order valence-electron chi connectivity index (χ4n) is 1.32. The first kappa shape index (κ1) is 17.7. The van der Waals surface area contributed by atoms with Gasteiger partial charge in [-0.2, -0.15) is 13.2 Å². The van der Waals surface area contributed by atoms with E-state index in [9.17, 15) is 18.0 Å².